The van der Waals surface area contributed by atoms with E-state index in [1.165, 1.54) is 5.56 Å². The van der Waals surface area contributed by atoms with Crippen LogP contribution in [-0.4, -0.2) is 11.5 Å². The van der Waals surface area contributed by atoms with Crippen molar-refractivity contribution in [3.63, 3.8) is 0 Å². The van der Waals surface area contributed by atoms with Crippen molar-refractivity contribution in [2.75, 3.05) is 11.4 Å². The van der Waals surface area contributed by atoms with E-state index in [0.717, 1.165) is 24.5 Å². The van der Waals surface area contributed by atoms with E-state index < -0.39 is 0 Å². The second kappa shape index (κ2) is 6.34. The summed E-state index contributed by atoms with van der Waals surface area (Å²) < 4.78 is 0. The molecular formula is C16H21N3. The van der Waals surface area contributed by atoms with Crippen molar-refractivity contribution in [1.82, 2.24) is 4.98 Å². The molecule has 0 saturated carbocycles. The van der Waals surface area contributed by atoms with Gasteiger partial charge in [0.05, 0.1) is 0 Å². The molecule has 2 aromatic rings. The summed E-state index contributed by atoms with van der Waals surface area (Å²) in [7, 11) is 0. The number of anilines is 1. The van der Waals surface area contributed by atoms with Gasteiger partial charge in [0, 0.05) is 25.3 Å². The van der Waals surface area contributed by atoms with E-state index in [9.17, 15) is 0 Å². The van der Waals surface area contributed by atoms with Crippen LogP contribution >= 0.6 is 0 Å². The first-order valence-corrected chi connectivity index (χ1v) is 6.71. The summed E-state index contributed by atoms with van der Waals surface area (Å²) in [5.74, 6) is 0.987. The molecule has 0 aliphatic heterocycles. The second-order valence-electron chi connectivity index (χ2n) is 4.74. The molecular weight excluding hydrogens is 234 g/mol. The van der Waals surface area contributed by atoms with Gasteiger partial charge in [-0.1, -0.05) is 30.3 Å². The van der Waals surface area contributed by atoms with Crippen molar-refractivity contribution in [3.8, 4) is 0 Å². The first kappa shape index (κ1) is 13.6. The summed E-state index contributed by atoms with van der Waals surface area (Å²) in [6.07, 6.45) is 1.84. The minimum absolute atomic E-state index is 0.0391. The number of benzene rings is 1. The monoisotopic (exact) mass is 255 g/mol. The Bertz CT molecular complexity index is 508. The number of pyridine rings is 1. The molecule has 0 radical (unpaired) electrons. The fourth-order valence-electron chi connectivity index (χ4n) is 2.05. The van der Waals surface area contributed by atoms with Gasteiger partial charge in [0.15, 0.2) is 0 Å². The van der Waals surface area contributed by atoms with Crippen LogP contribution in [0.1, 0.15) is 31.0 Å². The minimum atomic E-state index is 0.0391. The predicted octanol–water partition coefficient (Wildman–Crippen LogP) is 3.13. The van der Waals surface area contributed by atoms with E-state index in [-0.39, 0.29) is 6.04 Å². The summed E-state index contributed by atoms with van der Waals surface area (Å²) in [5, 5.41) is 0. The Morgan fingerprint density at radius 1 is 1.21 bits per heavy atom. The van der Waals surface area contributed by atoms with E-state index in [1.54, 1.807) is 0 Å². The number of aromatic nitrogens is 1. The summed E-state index contributed by atoms with van der Waals surface area (Å²) in [6, 6.07) is 14.5. The quantitative estimate of drug-likeness (QED) is 0.892. The van der Waals surface area contributed by atoms with Crippen molar-refractivity contribution in [3.05, 3.63) is 59.8 Å². The topological polar surface area (TPSA) is 42.1 Å². The molecule has 2 rings (SSSR count). The molecule has 1 atom stereocenters. The minimum Gasteiger partial charge on any atom is -0.353 e. The van der Waals surface area contributed by atoms with Crippen molar-refractivity contribution in [2.24, 2.45) is 5.73 Å². The highest BCUT2D eigenvalue weighted by molar-refractivity contribution is 5.42. The molecule has 3 nitrogen and oxygen atoms in total. The summed E-state index contributed by atoms with van der Waals surface area (Å²) in [4.78, 5) is 6.71. The average molecular weight is 255 g/mol. The molecule has 1 aromatic carbocycles. The molecule has 0 unspecified atom stereocenters. The van der Waals surface area contributed by atoms with Gasteiger partial charge in [-0.05, 0) is 37.1 Å². The lowest BCUT2D eigenvalue weighted by atomic mass is 10.1. The first-order valence-electron chi connectivity index (χ1n) is 6.71. The number of nitrogens with zero attached hydrogens (tertiary/aromatic N) is 2. The van der Waals surface area contributed by atoms with Crippen LogP contribution in [0.25, 0.3) is 0 Å². The Morgan fingerprint density at radius 2 is 1.95 bits per heavy atom. The van der Waals surface area contributed by atoms with Crippen molar-refractivity contribution in [1.29, 1.82) is 0 Å². The average Bonchev–Trinajstić information content (AvgIpc) is 2.46. The molecule has 0 bridgehead atoms. The molecule has 0 aliphatic carbocycles. The Kier molecular flexibility index (Phi) is 4.53. The van der Waals surface area contributed by atoms with Crippen LogP contribution in [0.2, 0.25) is 0 Å². The van der Waals surface area contributed by atoms with Gasteiger partial charge in [-0.25, -0.2) is 4.98 Å². The Hall–Kier alpha value is -1.87. The van der Waals surface area contributed by atoms with Gasteiger partial charge in [0.1, 0.15) is 5.82 Å². The maximum atomic E-state index is 5.93. The lowest BCUT2D eigenvalue weighted by Gasteiger charge is -2.23. The predicted molar refractivity (Wildman–Crippen MR) is 80.0 cm³/mol. The smallest absolute Gasteiger partial charge is 0.129 e. The zero-order valence-corrected chi connectivity index (χ0v) is 11.6. The van der Waals surface area contributed by atoms with Crippen LogP contribution in [0.5, 0.6) is 0 Å². The number of hydrogen-bond donors (Lipinski definition) is 1. The summed E-state index contributed by atoms with van der Waals surface area (Å²) in [5.41, 5.74) is 8.34. The highest BCUT2D eigenvalue weighted by Crippen LogP contribution is 2.18. The van der Waals surface area contributed by atoms with Crippen LogP contribution in [0.4, 0.5) is 5.82 Å². The molecule has 100 valence electrons. The second-order valence-corrected chi connectivity index (χ2v) is 4.74. The maximum Gasteiger partial charge on any atom is 0.129 e. The molecule has 1 heterocycles. The normalized spacial score (nSPS) is 12.2. The summed E-state index contributed by atoms with van der Waals surface area (Å²) >= 11 is 0. The van der Waals surface area contributed by atoms with E-state index in [1.807, 2.05) is 25.3 Å². The fraction of sp³-hybridized carbons (Fsp3) is 0.312. The van der Waals surface area contributed by atoms with Crippen LogP contribution in [0.15, 0.2) is 48.7 Å². The molecule has 19 heavy (non-hydrogen) atoms. The number of rotatable bonds is 5. The standard InChI is InChI=1S/C16H21N3/c1-3-19(12-14-7-5-4-6-8-14)16-11-15(13(2)17)9-10-18-16/h4-11,13H,3,12,17H2,1-2H3/t13-/m0/s1. The molecule has 0 fully saturated rings. The van der Waals surface area contributed by atoms with Crippen LogP contribution in [0.3, 0.4) is 0 Å². The molecule has 0 spiro atoms. The van der Waals surface area contributed by atoms with Gasteiger partial charge in [-0.15, -0.1) is 0 Å². The third kappa shape index (κ3) is 3.55. The Morgan fingerprint density at radius 3 is 2.58 bits per heavy atom. The molecule has 0 amide bonds. The van der Waals surface area contributed by atoms with E-state index in [4.69, 9.17) is 5.73 Å². The Labute approximate surface area is 115 Å². The number of nitrogens with two attached hydrogens (primary N) is 1. The molecule has 1 aromatic heterocycles. The van der Waals surface area contributed by atoms with Gasteiger partial charge < -0.3 is 10.6 Å². The third-order valence-electron chi connectivity index (χ3n) is 3.22. The Balaban J connectivity index is 2.20. The number of hydrogen-bond acceptors (Lipinski definition) is 3. The van der Waals surface area contributed by atoms with Gasteiger partial charge in [-0.3, -0.25) is 0 Å². The van der Waals surface area contributed by atoms with Crippen molar-refractivity contribution < 1.29 is 0 Å². The fourth-order valence-corrected chi connectivity index (χ4v) is 2.05. The van der Waals surface area contributed by atoms with E-state index >= 15 is 0 Å². The molecule has 0 saturated heterocycles. The third-order valence-corrected chi connectivity index (χ3v) is 3.22. The van der Waals surface area contributed by atoms with Gasteiger partial charge in [-0.2, -0.15) is 0 Å². The van der Waals surface area contributed by atoms with E-state index in [0.29, 0.717) is 0 Å². The van der Waals surface area contributed by atoms with Crippen LogP contribution in [0, 0.1) is 0 Å². The van der Waals surface area contributed by atoms with Crippen LogP contribution in [-0.2, 0) is 6.54 Å². The van der Waals surface area contributed by atoms with Gasteiger partial charge in [0.2, 0.25) is 0 Å². The molecule has 2 N–H and O–H groups in total. The van der Waals surface area contributed by atoms with E-state index in [2.05, 4.69) is 47.1 Å². The molecule has 3 heteroatoms. The van der Waals surface area contributed by atoms with Crippen molar-refractivity contribution in [2.45, 2.75) is 26.4 Å². The largest absolute Gasteiger partial charge is 0.353 e. The summed E-state index contributed by atoms with van der Waals surface area (Å²) in [6.45, 7) is 5.92. The zero-order valence-electron chi connectivity index (χ0n) is 11.6. The SMILES string of the molecule is CCN(Cc1ccccc1)c1cc([C@H](C)N)ccn1. The first-order chi connectivity index (χ1) is 9.20. The highest BCUT2D eigenvalue weighted by atomic mass is 15.2. The maximum absolute atomic E-state index is 5.93. The lowest BCUT2D eigenvalue weighted by molar-refractivity contribution is 0.790. The van der Waals surface area contributed by atoms with Gasteiger partial charge >= 0.3 is 0 Å². The molecule has 0 aliphatic rings. The van der Waals surface area contributed by atoms with Gasteiger partial charge in [0.25, 0.3) is 0 Å². The highest BCUT2D eigenvalue weighted by Gasteiger charge is 2.08. The lowest BCUT2D eigenvalue weighted by Crippen LogP contribution is -2.23. The van der Waals surface area contributed by atoms with Crippen molar-refractivity contribution >= 4 is 5.82 Å². The zero-order chi connectivity index (χ0) is 13.7. The van der Waals surface area contributed by atoms with Crippen LogP contribution < -0.4 is 10.6 Å².